The highest BCUT2D eigenvalue weighted by Gasteiger charge is 2.52. The minimum absolute atomic E-state index is 0.0385. The third-order valence-corrected chi connectivity index (χ3v) is 16.7. The van der Waals surface area contributed by atoms with E-state index in [9.17, 15) is 64.8 Å². The Labute approximate surface area is 478 Å². The van der Waals surface area contributed by atoms with Crippen molar-refractivity contribution in [2.45, 2.75) is 242 Å². The Bertz CT molecular complexity index is 2690. The number of phenolic OH excluding ortho intramolecular Hbond substituents is 2. The predicted octanol–water partition coefficient (Wildman–Crippen LogP) is 1.15. The quantitative estimate of drug-likeness (QED) is 0.0589. The fourth-order valence-electron chi connectivity index (χ4n) is 12.3. The normalized spacial score (nSPS) is 39.6. The van der Waals surface area contributed by atoms with Crippen LogP contribution in [-0.2, 0) is 82.5 Å². The Morgan fingerprint density at radius 3 is 1.82 bits per heavy atom. The molecule has 0 spiro atoms. The van der Waals surface area contributed by atoms with Gasteiger partial charge in [-0.1, -0.05) is 0 Å². The Morgan fingerprint density at radius 1 is 0.711 bits per heavy atom. The van der Waals surface area contributed by atoms with E-state index in [-0.39, 0.29) is 78.0 Å². The molecule has 6 aliphatic rings. The number of Topliss-reactive ketones (excluding diaryl/α,β-unsaturated/α-hetero) is 2. The monoisotopic (exact) mass is 1180 g/mol. The minimum atomic E-state index is -2.08. The Kier molecular flexibility index (Phi) is 20.1. The van der Waals surface area contributed by atoms with Crippen LogP contribution in [0.4, 0.5) is 0 Å². The van der Waals surface area contributed by atoms with Gasteiger partial charge in [-0.2, -0.15) is 0 Å². The van der Waals surface area contributed by atoms with Crippen molar-refractivity contribution in [2.24, 2.45) is 17.8 Å². The summed E-state index contributed by atoms with van der Waals surface area (Å²) in [4.78, 5) is 77.6. The molecule has 0 bridgehead atoms. The van der Waals surface area contributed by atoms with Crippen LogP contribution in [0.3, 0.4) is 0 Å². The summed E-state index contributed by atoms with van der Waals surface area (Å²) in [6.45, 7) is 14.4. The van der Waals surface area contributed by atoms with E-state index in [4.69, 9.17) is 56.8 Å². The van der Waals surface area contributed by atoms with Crippen LogP contribution in [0.15, 0.2) is 12.1 Å². The topological polar surface area (TPSA) is 375 Å². The lowest BCUT2D eigenvalue weighted by atomic mass is 9.71. The van der Waals surface area contributed by atoms with Crippen LogP contribution in [0, 0.1) is 24.7 Å². The van der Waals surface area contributed by atoms with E-state index in [0.717, 1.165) is 6.92 Å². The van der Waals surface area contributed by atoms with Gasteiger partial charge in [-0.15, -0.1) is 0 Å². The van der Waals surface area contributed by atoms with Crippen molar-refractivity contribution >= 4 is 46.8 Å². The molecule has 5 fully saturated rings. The van der Waals surface area contributed by atoms with Gasteiger partial charge < -0.3 is 107 Å². The molecule has 462 valence electrons. The minimum Gasteiger partial charge on any atom is -0.507 e. The molecular formula is C57H78O26. The number of carbonyl (C=O) groups excluding carboxylic acids is 6. The molecule has 8 N–H and O–H groups in total. The van der Waals surface area contributed by atoms with Gasteiger partial charge in [-0.25, -0.2) is 0 Å². The van der Waals surface area contributed by atoms with E-state index in [2.05, 4.69) is 0 Å². The summed E-state index contributed by atoms with van der Waals surface area (Å²) in [6, 6.07) is 2.91. The van der Waals surface area contributed by atoms with E-state index in [1.54, 1.807) is 27.7 Å². The van der Waals surface area contributed by atoms with Gasteiger partial charge in [0.2, 0.25) is 6.29 Å². The van der Waals surface area contributed by atoms with Crippen molar-refractivity contribution in [1.29, 1.82) is 0 Å². The van der Waals surface area contributed by atoms with Crippen LogP contribution < -0.4 is 4.74 Å². The number of hydrogen-bond donors (Lipinski definition) is 8. The number of phenols is 2. The molecule has 20 unspecified atom stereocenters. The zero-order valence-electron chi connectivity index (χ0n) is 47.8. The number of hydrogen-bond acceptors (Lipinski definition) is 26. The average molecular weight is 1180 g/mol. The molecule has 5 heterocycles. The summed E-state index contributed by atoms with van der Waals surface area (Å²) in [7, 11) is 0. The molecule has 83 heavy (non-hydrogen) atoms. The second-order valence-electron chi connectivity index (χ2n) is 23.1. The summed E-state index contributed by atoms with van der Waals surface area (Å²) in [5.74, 6) is -8.52. The summed E-state index contributed by atoms with van der Waals surface area (Å²) < 4.78 is 72.5. The molecule has 25 atom stereocenters. The number of aromatic hydroxyl groups is 2. The maximum Gasteiger partial charge on any atom is 0.303 e. The zero-order valence-corrected chi connectivity index (χ0v) is 47.8. The maximum atomic E-state index is 15.1. The maximum absolute atomic E-state index is 15.1. The van der Waals surface area contributed by atoms with Gasteiger partial charge in [0.15, 0.2) is 48.9 Å². The first-order valence-corrected chi connectivity index (χ1v) is 28.0. The predicted molar refractivity (Wildman–Crippen MR) is 280 cm³/mol. The lowest BCUT2D eigenvalue weighted by Crippen LogP contribution is -2.59. The average Bonchev–Trinajstić information content (AvgIpc) is 1.36. The van der Waals surface area contributed by atoms with Gasteiger partial charge in [-0.05, 0) is 84.9 Å². The van der Waals surface area contributed by atoms with Gasteiger partial charge in [0.05, 0.1) is 77.7 Å². The van der Waals surface area contributed by atoms with E-state index in [1.807, 2.05) is 0 Å². The second kappa shape index (κ2) is 26.0. The number of aliphatic hydroxyl groups is 6. The van der Waals surface area contributed by atoms with Gasteiger partial charge in [0.1, 0.15) is 65.9 Å². The number of esters is 2. The molecule has 2 aromatic carbocycles. The van der Waals surface area contributed by atoms with Crippen molar-refractivity contribution in [3.8, 4) is 17.2 Å². The highest BCUT2D eigenvalue weighted by Crippen LogP contribution is 2.48. The molecule has 0 aromatic heterocycles. The Hall–Kier alpha value is -4.88. The Morgan fingerprint density at radius 2 is 1.25 bits per heavy atom. The number of aldehydes is 2. The zero-order chi connectivity index (χ0) is 60.8. The van der Waals surface area contributed by atoms with Gasteiger partial charge in [-0.3, -0.25) is 19.2 Å². The van der Waals surface area contributed by atoms with E-state index in [0.29, 0.717) is 6.29 Å². The third-order valence-electron chi connectivity index (χ3n) is 16.7. The molecule has 1 aliphatic carbocycles. The van der Waals surface area contributed by atoms with E-state index >= 15 is 4.79 Å². The molecule has 5 aliphatic heterocycles. The number of benzene rings is 2. The molecule has 0 radical (unpaired) electrons. The molecular weight excluding hydrogens is 1100 g/mol. The molecule has 0 amide bonds. The molecule has 5 saturated heterocycles. The summed E-state index contributed by atoms with van der Waals surface area (Å²) >= 11 is 0. The van der Waals surface area contributed by atoms with Gasteiger partial charge >= 0.3 is 11.9 Å². The summed E-state index contributed by atoms with van der Waals surface area (Å²) in [6.07, 6.45) is -24.5. The molecule has 26 nitrogen and oxygen atoms in total. The summed E-state index contributed by atoms with van der Waals surface area (Å²) in [5, 5.41) is 89.5. The first-order chi connectivity index (χ1) is 39.0. The van der Waals surface area contributed by atoms with Crippen LogP contribution in [0.25, 0.3) is 10.8 Å². The molecule has 0 saturated carbocycles. The highest BCUT2D eigenvalue weighted by molar-refractivity contribution is 6.11. The third kappa shape index (κ3) is 13.7. The molecule has 26 heteroatoms. The lowest BCUT2D eigenvalue weighted by molar-refractivity contribution is -0.334. The van der Waals surface area contributed by atoms with Gasteiger partial charge in [0, 0.05) is 57.4 Å². The number of aliphatic hydroxyl groups excluding tert-OH is 5. The fraction of sp³-hybridized carbons (Fsp3) is 0.719. The van der Waals surface area contributed by atoms with Crippen LogP contribution in [0.1, 0.15) is 116 Å². The number of fused-ring (bicyclic) bond motifs is 2. The first kappa shape index (κ1) is 64.1. The summed E-state index contributed by atoms with van der Waals surface area (Å²) in [5.41, 5.74) is -1.73. The Balaban J connectivity index is 1.04. The lowest BCUT2D eigenvalue weighted by Gasteiger charge is -2.46. The smallest absolute Gasteiger partial charge is 0.303 e. The molecule has 2 aromatic rings. The van der Waals surface area contributed by atoms with Crippen molar-refractivity contribution in [1.82, 2.24) is 0 Å². The second-order valence-corrected chi connectivity index (χ2v) is 23.1. The SMILES string of the molecule is CC(=O)OC1C(C)OC(Oc2cc3cc4c(c(O)c3c(O)c2C)C(=O)[C@@H](OC2CC(OC3CC(OC5CC(C)(O)C(OC(C)=O)C(C)O5)C(O)C(C)O3)C(O)C(C)O2)[C@H]([C@H](C=O)C(=O)[C@@H](O)[C@@H](C)O)C4)CC1OC1CC(O)C(C=O)C(C)O1. The van der Waals surface area contributed by atoms with Crippen LogP contribution in [0.2, 0.25) is 0 Å². The van der Waals surface area contributed by atoms with Crippen molar-refractivity contribution in [3.63, 3.8) is 0 Å². The fourth-order valence-corrected chi connectivity index (χ4v) is 12.3. The van der Waals surface area contributed by atoms with E-state index in [1.165, 1.54) is 46.8 Å². The largest absolute Gasteiger partial charge is 0.507 e. The van der Waals surface area contributed by atoms with E-state index < -0.39 is 187 Å². The van der Waals surface area contributed by atoms with Crippen molar-refractivity contribution in [3.05, 3.63) is 28.8 Å². The number of ketones is 2. The van der Waals surface area contributed by atoms with Gasteiger partial charge in [0.25, 0.3) is 0 Å². The van der Waals surface area contributed by atoms with Crippen LogP contribution in [-0.4, -0.2) is 212 Å². The number of ether oxygens (including phenoxy) is 12. The molecule has 8 rings (SSSR count). The number of carbonyl (C=O) groups is 6. The number of rotatable bonds is 18. The van der Waals surface area contributed by atoms with Crippen molar-refractivity contribution < 1.29 is 126 Å². The standard InChI is InChI=1S/C57H78O26/c1-21-36(79-42-17-39(54(26(6)75-42)77-28(8)61)82-40-14-35(63)33(19-58)23(3)72-40)13-31-11-30-12-32(34(20-59)51(68)48(65)22(2)60)55(53(70)46(30)52(69)45(31)47(21)64)83-43-16-37(49(66)25(5)74-43)80-41-15-38(50(67)24(4)73-41)81-44-18-57(10,71)56(27(7)76-44)78-29(9)62/h11,13,19-20,22-27,32-35,37-44,48-50,54-56,60,63-67,69,71H,12,14-18H2,1-10H3/t22-,23?,24?,25?,26?,27?,32+,33?,34+,35?,37?,38?,39?,40?,41?,42?,43?,44?,48+,49?,50?,54?,55+,56?,57?/m1/s1. The van der Waals surface area contributed by atoms with Crippen LogP contribution in [0.5, 0.6) is 17.2 Å². The highest BCUT2D eigenvalue weighted by atomic mass is 16.7. The van der Waals surface area contributed by atoms with Crippen LogP contribution >= 0.6 is 0 Å². The van der Waals surface area contributed by atoms with Crippen molar-refractivity contribution in [2.75, 3.05) is 0 Å². The first-order valence-electron chi connectivity index (χ1n) is 28.0.